The van der Waals surface area contributed by atoms with Gasteiger partial charge in [-0.05, 0) is 72.2 Å². The number of aromatic nitrogens is 1. The van der Waals surface area contributed by atoms with Crippen molar-refractivity contribution in [3.05, 3.63) is 72.1 Å². The summed E-state index contributed by atoms with van der Waals surface area (Å²) in [5.41, 5.74) is 2.28. The highest BCUT2D eigenvalue weighted by Crippen LogP contribution is 2.23. The molecule has 1 fully saturated rings. The second-order valence-corrected chi connectivity index (χ2v) is 9.11. The highest BCUT2D eigenvalue weighted by molar-refractivity contribution is 5.84. The topological polar surface area (TPSA) is 71.5 Å². The van der Waals surface area contributed by atoms with Crippen molar-refractivity contribution in [1.82, 2.24) is 10.3 Å². The van der Waals surface area contributed by atoms with E-state index in [1.54, 1.807) is 6.20 Å². The van der Waals surface area contributed by atoms with Gasteiger partial charge in [0, 0.05) is 24.9 Å². The van der Waals surface area contributed by atoms with Crippen LogP contribution in [0.25, 0.3) is 10.8 Å². The summed E-state index contributed by atoms with van der Waals surface area (Å²) < 4.78 is 5.83. The van der Waals surface area contributed by atoms with Crippen molar-refractivity contribution in [2.24, 2.45) is 0 Å². The van der Waals surface area contributed by atoms with Gasteiger partial charge >= 0.3 is 0 Å². The first-order valence-electron chi connectivity index (χ1n) is 12.2. The summed E-state index contributed by atoms with van der Waals surface area (Å²) in [6.45, 7) is 0.264. The molecule has 0 unspecified atom stereocenters. The molecule has 0 aliphatic heterocycles. The number of carbonyl (C=O) groups is 1. The van der Waals surface area contributed by atoms with Crippen molar-refractivity contribution in [2.45, 2.75) is 69.9 Å². The first kappa shape index (κ1) is 23.2. The van der Waals surface area contributed by atoms with Gasteiger partial charge in [-0.3, -0.25) is 9.78 Å². The molecule has 5 heteroatoms. The Hall–Kier alpha value is -2.92. The highest BCUT2D eigenvalue weighted by atomic mass is 16.5. The fourth-order valence-electron chi connectivity index (χ4n) is 4.48. The zero-order valence-corrected chi connectivity index (χ0v) is 19.2. The van der Waals surface area contributed by atoms with Gasteiger partial charge < -0.3 is 15.2 Å². The second-order valence-electron chi connectivity index (χ2n) is 9.11. The number of carbonyl (C=O) groups excluding carboxylic acids is 1. The number of aliphatic hydroxyl groups excluding tert-OH is 1. The van der Waals surface area contributed by atoms with Gasteiger partial charge in [0.15, 0.2) is 0 Å². The van der Waals surface area contributed by atoms with Crippen molar-refractivity contribution >= 4 is 16.7 Å². The minimum Gasteiger partial charge on any atom is -0.491 e. The maximum atomic E-state index is 12.3. The SMILES string of the molecule is O=C(CCc1ccc2cc(OC[C@H](O)CCc3cccnc3)ccc2c1)NC1CCCCC1. The molecule has 1 atom stereocenters. The molecular weight excluding hydrogens is 412 g/mol. The lowest BCUT2D eigenvalue weighted by Crippen LogP contribution is -2.36. The number of ether oxygens (including phenoxy) is 1. The Balaban J connectivity index is 1.24. The van der Waals surface area contributed by atoms with E-state index in [4.69, 9.17) is 4.74 Å². The average molecular weight is 447 g/mol. The van der Waals surface area contributed by atoms with Gasteiger partial charge in [0.2, 0.25) is 5.91 Å². The van der Waals surface area contributed by atoms with Crippen molar-refractivity contribution in [3.63, 3.8) is 0 Å². The highest BCUT2D eigenvalue weighted by Gasteiger charge is 2.15. The number of benzene rings is 2. The molecule has 1 saturated carbocycles. The van der Waals surface area contributed by atoms with Gasteiger partial charge in [-0.2, -0.15) is 0 Å². The first-order valence-corrected chi connectivity index (χ1v) is 12.2. The molecule has 1 aromatic heterocycles. The fourth-order valence-corrected chi connectivity index (χ4v) is 4.48. The summed E-state index contributed by atoms with van der Waals surface area (Å²) >= 11 is 0. The van der Waals surface area contributed by atoms with Crippen LogP contribution in [-0.2, 0) is 17.6 Å². The van der Waals surface area contributed by atoms with Crippen LogP contribution in [-0.4, -0.2) is 34.8 Å². The zero-order chi connectivity index (χ0) is 22.9. The number of aryl methyl sites for hydroxylation is 2. The predicted octanol–water partition coefficient (Wildman–Crippen LogP) is 4.99. The monoisotopic (exact) mass is 446 g/mol. The Morgan fingerprint density at radius 1 is 1.03 bits per heavy atom. The summed E-state index contributed by atoms with van der Waals surface area (Å²) in [5, 5.41) is 15.7. The average Bonchev–Trinajstić information content (AvgIpc) is 2.86. The molecular formula is C28H34N2O3. The Kier molecular flexibility index (Phi) is 8.31. The third-order valence-corrected chi connectivity index (χ3v) is 6.42. The van der Waals surface area contributed by atoms with Gasteiger partial charge in [-0.15, -0.1) is 0 Å². The summed E-state index contributed by atoms with van der Waals surface area (Å²) in [6, 6.07) is 16.6. The molecule has 5 nitrogen and oxygen atoms in total. The van der Waals surface area contributed by atoms with Crippen LogP contribution in [0.4, 0.5) is 0 Å². The Bertz CT molecular complexity index is 1030. The molecule has 1 heterocycles. The van der Waals surface area contributed by atoms with Crippen LogP contribution in [0.1, 0.15) is 56.1 Å². The number of hydrogen-bond donors (Lipinski definition) is 2. The van der Waals surface area contributed by atoms with E-state index in [0.29, 0.717) is 18.9 Å². The van der Waals surface area contributed by atoms with Crippen LogP contribution in [0.15, 0.2) is 60.9 Å². The summed E-state index contributed by atoms with van der Waals surface area (Å²) in [7, 11) is 0. The Morgan fingerprint density at radius 3 is 2.67 bits per heavy atom. The molecule has 1 amide bonds. The zero-order valence-electron chi connectivity index (χ0n) is 19.2. The Labute approximate surface area is 196 Å². The first-order chi connectivity index (χ1) is 16.2. The third kappa shape index (κ3) is 7.29. The normalized spacial score (nSPS) is 15.3. The molecule has 0 spiro atoms. The minimum absolute atomic E-state index is 0.160. The second kappa shape index (κ2) is 11.8. The quantitative estimate of drug-likeness (QED) is 0.460. The lowest BCUT2D eigenvalue weighted by molar-refractivity contribution is -0.121. The van der Waals surface area contributed by atoms with Crippen LogP contribution < -0.4 is 10.1 Å². The lowest BCUT2D eigenvalue weighted by atomic mass is 9.95. The minimum atomic E-state index is -0.525. The third-order valence-electron chi connectivity index (χ3n) is 6.42. The molecule has 2 N–H and O–H groups in total. The number of pyridine rings is 1. The molecule has 3 aromatic rings. The largest absolute Gasteiger partial charge is 0.491 e. The van der Waals surface area contributed by atoms with E-state index in [0.717, 1.165) is 47.8 Å². The van der Waals surface area contributed by atoms with Crippen LogP contribution in [0, 0.1) is 0 Å². The van der Waals surface area contributed by atoms with E-state index >= 15 is 0 Å². The van der Waals surface area contributed by atoms with E-state index in [1.807, 2.05) is 36.5 Å². The van der Waals surface area contributed by atoms with Gasteiger partial charge in [-0.1, -0.05) is 49.6 Å². The molecule has 0 radical (unpaired) electrons. The number of aliphatic hydroxyl groups is 1. The van der Waals surface area contributed by atoms with Gasteiger partial charge in [0.25, 0.3) is 0 Å². The van der Waals surface area contributed by atoms with Crippen LogP contribution >= 0.6 is 0 Å². The lowest BCUT2D eigenvalue weighted by Gasteiger charge is -2.22. The molecule has 4 rings (SSSR count). The number of nitrogens with zero attached hydrogens (tertiary/aromatic N) is 1. The Morgan fingerprint density at radius 2 is 1.85 bits per heavy atom. The van der Waals surface area contributed by atoms with Gasteiger partial charge in [0.05, 0.1) is 6.10 Å². The number of amides is 1. The van der Waals surface area contributed by atoms with Crippen molar-refractivity contribution in [1.29, 1.82) is 0 Å². The maximum absolute atomic E-state index is 12.3. The molecule has 0 saturated heterocycles. The molecule has 174 valence electrons. The molecule has 1 aliphatic carbocycles. The summed E-state index contributed by atoms with van der Waals surface area (Å²) in [5.74, 6) is 0.912. The number of nitrogens with one attached hydrogen (secondary N) is 1. The standard InChI is InChI=1S/C28H34N2O3/c31-26(13-9-22-5-4-16-29-19-22)20-33-27-14-12-23-17-21(8-11-24(23)18-27)10-15-28(32)30-25-6-2-1-3-7-25/h4-5,8,11-12,14,16-19,25-26,31H,1-3,6-7,9-10,13,15,20H2,(H,30,32)/t26-/m1/s1. The van der Waals surface area contributed by atoms with Crippen LogP contribution in [0.2, 0.25) is 0 Å². The van der Waals surface area contributed by atoms with Crippen molar-refractivity contribution in [2.75, 3.05) is 6.61 Å². The maximum Gasteiger partial charge on any atom is 0.220 e. The van der Waals surface area contributed by atoms with E-state index in [-0.39, 0.29) is 12.5 Å². The van der Waals surface area contributed by atoms with E-state index in [9.17, 15) is 9.90 Å². The molecule has 1 aliphatic rings. The predicted molar refractivity (Wildman–Crippen MR) is 131 cm³/mol. The fraction of sp³-hybridized carbons (Fsp3) is 0.429. The molecule has 33 heavy (non-hydrogen) atoms. The van der Waals surface area contributed by atoms with Crippen LogP contribution in [0.5, 0.6) is 5.75 Å². The van der Waals surface area contributed by atoms with Crippen molar-refractivity contribution < 1.29 is 14.6 Å². The van der Waals surface area contributed by atoms with Crippen molar-refractivity contribution in [3.8, 4) is 5.75 Å². The number of hydrogen-bond acceptors (Lipinski definition) is 4. The molecule has 2 aromatic carbocycles. The van der Waals surface area contributed by atoms with Gasteiger partial charge in [-0.25, -0.2) is 0 Å². The smallest absolute Gasteiger partial charge is 0.220 e. The summed E-state index contributed by atoms with van der Waals surface area (Å²) in [4.78, 5) is 16.4. The van der Waals surface area contributed by atoms with E-state index in [1.165, 1.54) is 24.8 Å². The number of fused-ring (bicyclic) bond motifs is 1. The molecule has 0 bridgehead atoms. The van der Waals surface area contributed by atoms with E-state index < -0.39 is 6.10 Å². The van der Waals surface area contributed by atoms with Gasteiger partial charge in [0.1, 0.15) is 12.4 Å². The van der Waals surface area contributed by atoms with Crippen LogP contribution in [0.3, 0.4) is 0 Å². The summed E-state index contributed by atoms with van der Waals surface area (Å²) in [6.07, 6.45) is 11.7. The van der Waals surface area contributed by atoms with E-state index in [2.05, 4.69) is 28.5 Å². The number of rotatable bonds is 10.